The van der Waals surface area contributed by atoms with Crippen LogP contribution in [0.25, 0.3) is 0 Å². The van der Waals surface area contributed by atoms with Crippen LogP contribution in [0.2, 0.25) is 0 Å². The Kier molecular flexibility index (Phi) is 9.15. The van der Waals surface area contributed by atoms with Gasteiger partial charge < -0.3 is 10.2 Å². The van der Waals surface area contributed by atoms with Gasteiger partial charge >= 0.3 is 0 Å². The Morgan fingerprint density at radius 2 is 1.92 bits per heavy atom. The van der Waals surface area contributed by atoms with E-state index in [-0.39, 0.29) is 30.0 Å². The van der Waals surface area contributed by atoms with Crippen LogP contribution in [0.15, 0.2) is 35.3 Å². The smallest absolute Gasteiger partial charge is 0.208 e. The maximum atomic E-state index is 11.5. The van der Waals surface area contributed by atoms with Gasteiger partial charge in [0, 0.05) is 26.7 Å². The molecule has 1 aliphatic rings. The molecule has 8 heteroatoms. The van der Waals surface area contributed by atoms with Gasteiger partial charge in [0.25, 0.3) is 0 Å². The van der Waals surface area contributed by atoms with Crippen LogP contribution in [0.3, 0.4) is 0 Å². The zero-order chi connectivity index (χ0) is 17.6. The molecule has 2 atom stereocenters. The summed E-state index contributed by atoms with van der Waals surface area (Å²) in [5.41, 5.74) is 1.16. The van der Waals surface area contributed by atoms with Gasteiger partial charge in [-0.2, -0.15) is 0 Å². The minimum atomic E-state index is -3.16. The van der Waals surface area contributed by atoms with Crippen LogP contribution < -0.4 is 10.0 Å². The van der Waals surface area contributed by atoms with Crippen LogP contribution >= 0.6 is 24.0 Å². The highest BCUT2D eigenvalue weighted by Crippen LogP contribution is 2.25. The van der Waals surface area contributed by atoms with Crippen LogP contribution in [0, 0.1) is 5.92 Å². The van der Waals surface area contributed by atoms with Gasteiger partial charge in [0.15, 0.2) is 5.96 Å². The van der Waals surface area contributed by atoms with Crippen molar-refractivity contribution < 1.29 is 8.42 Å². The minimum Gasteiger partial charge on any atom is -0.356 e. The second kappa shape index (κ2) is 10.3. The number of nitrogens with one attached hydrogen (secondary N) is 2. The van der Waals surface area contributed by atoms with E-state index in [2.05, 4.69) is 27.2 Å². The maximum Gasteiger partial charge on any atom is 0.208 e. The van der Waals surface area contributed by atoms with Gasteiger partial charge in [-0.1, -0.05) is 36.8 Å². The molecule has 0 amide bonds. The van der Waals surface area contributed by atoms with Crippen molar-refractivity contribution in [1.82, 2.24) is 14.9 Å². The van der Waals surface area contributed by atoms with Crippen molar-refractivity contribution in [2.45, 2.75) is 31.8 Å². The molecule has 0 aromatic heterocycles. The second-order valence-corrected chi connectivity index (χ2v) is 8.37. The molecule has 2 N–H and O–H groups in total. The first-order chi connectivity index (χ1) is 11.3. The van der Waals surface area contributed by atoms with Crippen molar-refractivity contribution in [1.29, 1.82) is 0 Å². The fourth-order valence-electron chi connectivity index (χ4n) is 3.04. The number of sulfonamides is 1. The number of hydrogen-bond donors (Lipinski definition) is 2. The molecule has 1 aromatic rings. The van der Waals surface area contributed by atoms with Crippen molar-refractivity contribution in [3.63, 3.8) is 0 Å². The fraction of sp³-hybridized carbons (Fsp3) is 0.588. The lowest BCUT2D eigenvalue weighted by molar-refractivity contribution is 0.431. The molecule has 25 heavy (non-hydrogen) atoms. The first-order valence-electron chi connectivity index (χ1n) is 8.32. The van der Waals surface area contributed by atoms with Crippen LogP contribution in [-0.2, 0) is 16.6 Å². The van der Waals surface area contributed by atoms with E-state index in [0.29, 0.717) is 12.5 Å². The van der Waals surface area contributed by atoms with Crippen molar-refractivity contribution >= 4 is 40.0 Å². The van der Waals surface area contributed by atoms with Crippen LogP contribution in [0.1, 0.15) is 24.8 Å². The van der Waals surface area contributed by atoms with Crippen molar-refractivity contribution in [2.75, 3.05) is 26.9 Å². The molecule has 142 valence electrons. The highest BCUT2D eigenvalue weighted by atomic mass is 127. The standard InChI is InChI=1S/C17H28N4O2S.HI/c1-21(2)17(18-12-14-8-5-4-6-9-14)19-13-15-10-7-11-16(15)20-24(3,22)23;/h4-6,8-9,15-16,20H,7,10-13H2,1-3H3,(H,18,19);1H. The summed E-state index contributed by atoms with van der Waals surface area (Å²) in [5.74, 6) is 1.12. The Labute approximate surface area is 168 Å². The number of halogens is 1. The van der Waals surface area contributed by atoms with E-state index in [1.807, 2.05) is 37.2 Å². The molecule has 1 fully saturated rings. The molecule has 1 aliphatic carbocycles. The third-order valence-electron chi connectivity index (χ3n) is 4.22. The SMILES string of the molecule is CN(C)C(=NCc1ccccc1)NCC1CCCC1NS(C)(=O)=O.I. The lowest BCUT2D eigenvalue weighted by Crippen LogP contribution is -2.44. The van der Waals surface area contributed by atoms with Gasteiger partial charge in [-0.15, -0.1) is 24.0 Å². The van der Waals surface area contributed by atoms with Gasteiger partial charge in [-0.25, -0.2) is 18.1 Å². The molecular weight excluding hydrogens is 451 g/mol. The largest absolute Gasteiger partial charge is 0.356 e. The highest BCUT2D eigenvalue weighted by molar-refractivity contribution is 14.0. The lowest BCUT2D eigenvalue weighted by atomic mass is 10.1. The second-order valence-electron chi connectivity index (χ2n) is 6.59. The quantitative estimate of drug-likeness (QED) is 0.371. The molecule has 0 saturated heterocycles. The average Bonchev–Trinajstić information content (AvgIpc) is 2.93. The lowest BCUT2D eigenvalue weighted by Gasteiger charge is -2.23. The Balaban J connectivity index is 0.00000312. The van der Waals surface area contributed by atoms with E-state index in [0.717, 1.165) is 37.3 Å². The normalized spacial score (nSPS) is 20.8. The van der Waals surface area contributed by atoms with Crippen molar-refractivity contribution in [3.05, 3.63) is 35.9 Å². The number of rotatable bonds is 6. The van der Waals surface area contributed by atoms with E-state index in [1.54, 1.807) is 0 Å². The van der Waals surface area contributed by atoms with E-state index >= 15 is 0 Å². The first-order valence-corrected chi connectivity index (χ1v) is 10.2. The molecule has 0 spiro atoms. The molecule has 6 nitrogen and oxygen atoms in total. The van der Waals surface area contributed by atoms with E-state index in [1.165, 1.54) is 6.26 Å². The molecule has 0 aliphatic heterocycles. The molecular formula is C17H29IN4O2S. The Morgan fingerprint density at radius 1 is 1.24 bits per heavy atom. The van der Waals surface area contributed by atoms with E-state index in [9.17, 15) is 8.42 Å². The van der Waals surface area contributed by atoms with Crippen molar-refractivity contribution in [3.8, 4) is 0 Å². The molecule has 1 aromatic carbocycles. The third-order valence-corrected chi connectivity index (χ3v) is 4.96. The summed E-state index contributed by atoms with van der Waals surface area (Å²) >= 11 is 0. The summed E-state index contributed by atoms with van der Waals surface area (Å²) in [7, 11) is 0.752. The number of nitrogens with zero attached hydrogens (tertiary/aromatic N) is 2. The van der Waals surface area contributed by atoms with Crippen molar-refractivity contribution in [2.24, 2.45) is 10.9 Å². The third kappa shape index (κ3) is 7.91. The minimum absolute atomic E-state index is 0. The zero-order valence-electron chi connectivity index (χ0n) is 15.1. The number of aliphatic imine (C=N–C) groups is 1. The molecule has 0 radical (unpaired) electrons. The van der Waals surface area contributed by atoms with Gasteiger partial charge in [0.05, 0.1) is 12.8 Å². The number of hydrogen-bond acceptors (Lipinski definition) is 3. The maximum absolute atomic E-state index is 11.5. The number of benzene rings is 1. The van der Waals surface area contributed by atoms with E-state index < -0.39 is 10.0 Å². The monoisotopic (exact) mass is 480 g/mol. The average molecular weight is 480 g/mol. The molecule has 0 bridgehead atoms. The fourth-order valence-corrected chi connectivity index (χ4v) is 3.90. The Hall–Kier alpha value is -0.870. The summed E-state index contributed by atoms with van der Waals surface area (Å²) in [6.45, 7) is 1.34. The molecule has 2 unspecified atom stereocenters. The Bertz CT molecular complexity index is 650. The van der Waals surface area contributed by atoms with Gasteiger partial charge in [-0.05, 0) is 24.3 Å². The first kappa shape index (κ1) is 22.2. The van der Waals surface area contributed by atoms with Crippen LogP contribution in [0.4, 0.5) is 0 Å². The molecule has 0 heterocycles. The predicted octanol–water partition coefficient (Wildman–Crippen LogP) is 2.03. The van der Waals surface area contributed by atoms with Gasteiger partial charge in [0.1, 0.15) is 0 Å². The van der Waals surface area contributed by atoms with Crippen LogP contribution in [0.5, 0.6) is 0 Å². The van der Waals surface area contributed by atoms with Crippen LogP contribution in [-0.4, -0.2) is 52.2 Å². The number of guanidine groups is 1. The highest BCUT2D eigenvalue weighted by Gasteiger charge is 2.29. The predicted molar refractivity (Wildman–Crippen MR) is 114 cm³/mol. The molecule has 2 rings (SSSR count). The summed E-state index contributed by atoms with van der Waals surface area (Å²) in [5, 5.41) is 3.39. The summed E-state index contributed by atoms with van der Waals surface area (Å²) < 4.78 is 25.7. The van der Waals surface area contributed by atoms with Gasteiger partial charge in [-0.3, -0.25) is 0 Å². The van der Waals surface area contributed by atoms with E-state index in [4.69, 9.17) is 0 Å². The zero-order valence-corrected chi connectivity index (χ0v) is 18.3. The molecule has 1 saturated carbocycles. The van der Waals surface area contributed by atoms with Gasteiger partial charge in [0.2, 0.25) is 10.0 Å². The summed E-state index contributed by atoms with van der Waals surface area (Å²) in [6, 6.07) is 10.1. The Morgan fingerprint density at radius 3 is 2.52 bits per heavy atom. The summed E-state index contributed by atoms with van der Waals surface area (Å²) in [4.78, 5) is 6.60. The summed E-state index contributed by atoms with van der Waals surface area (Å²) in [6.07, 6.45) is 4.21. The topological polar surface area (TPSA) is 73.8 Å².